The molecule has 0 aliphatic heterocycles. The number of benzene rings is 1. The van der Waals surface area contributed by atoms with Gasteiger partial charge in [-0.2, -0.15) is 13.2 Å². The Hall–Kier alpha value is -0.990. The van der Waals surface area contributed by atoms with Crippen LogP contribution in [0.4, 0.5) is 18.9 Å². The van der Waals surface area contributed by atoms with Gasteiger partial charge >= 0.3 is 6.18 Å². The van der Waals surface area contributed by atoms with Gasteiger partial charge in [0.05, 0.1) is 11.1 Å². The summed E-state index contributed by atoms with van der Waals surface area (Å²) in [7, 11) is 0. The van der Waals surface area contributed by atoms with E-state index in [1.54, 1.807) is 0 Å². The van der Waals surface area contributed by atoms with Crippen LogP contribution in [0.25, 0.3) is 0 Å². The van der Waals surface area contributed by atoms with Crippen molar-refractivity contribution >= 4 is 34.2 Å². The second-order valence-corrected chi connectivity index (χ2v) is 3.94. The Bertz CT molecular complexity index is 417. The van der Waals surface area contributed by atoms with E-state index in [2.05, 4.69) is 0 Å². The van der Waals surface area contributed by atoms with Gasteiger partial charge in [0.15, 0.2) is 0 Å². The van der Waals surface area contributed by atoms with E-state index in [1.165, 1.54) is 22.6 Å². The molecule has 0 atom stereocenters. The van der Waals surface area contributed by atoms with E-state index in [-0.39, 0.29) is 14.8 Å². The number of rotatable bonds is 1. The molecule has 0 unspecified atom stereocenters. The summed E-state index contributed by atoms with van der Waals surface area (Å²) < 4.78 is 37.0. The molecule has 7 heteroatoms. The minimum absolute atomic E-state index is 0.104. The second-order valence-electron chi connectivity index (χ2n) is 2.78. The topological polar surface area (TPSA) is 69.1 Å². The summed E-state index contributed by atoms with van der Waals surface area (Å²) in [5.41, 5.74) is 8.98. The standard InChI is InChI=1S/C8H6F3IN2O/c9-8(10,11)4-2-6(13)3(7(14)15)1-5(4)12/h1-2H,13H2,(H2,14,15). The maximum Gasteiger partial charge on any atom is 0.417 e. The monoisotopic (exact) mass is 330 g/mol. The summed E-state index contributed by atoms with van der Waals surface area (Å²) in [5, 5.41) is 0. The van der Waals surface area contributed by atoms with Gasteiger partial charge in [-0.1, -0.05) is 0 Å². The Morgan fingerprint density at radius 1 is 1.33 bits per heavy atom. The van der Waals surface area contributed by atoms with Crippen LogP contribution in [0.3, 0.4) is 0 Å². The van der Waals surface area contributed by atoms with E-state index in [0.29, 0.717) is 6.07 Å². The van der Waals surface area contributed by atoms with Gasteiger partial charge < -0.3 is 11.5 Å². The number of nitrogen functional groups attached to an aromatic ring is 1. The molecule has 15 heavy (non-hydrogen) atoms. The molecular formula is C8H6F3IN2O. The molecule has 0 spiro atoms. The van der Waals surface area contributed by atoms with E-state index in [9.17, 15) is 18.0 Å². The molecule has 0 aliphatic rings. The largest absolute Gasteiger partial charge is 0.417 e. The predicted octanol–water partition coefficient (Wildman–Crippen LogP) is 1.99. The quantitative estimate of drug-likeness (QED) is 0.611. The van der Waals surface area contributed by atoms with Gasteiger partial charge in [-0.3, -0.25) is 4.79 Å². The molecular weight excluding hydrogens is 324 g/mol. The molecule has 1 aromatic rings. The van der Waals surface area contributed by atoms with Crippen molar-refractivity contribution in [2.24, 2.45) is 5.73 Å². The number of primary amides is 1. The molecule has 0 radical (unpaired) electrons. The van der Waals surface area contributed by atoms with E-state index in [1.807, 2.05) is 0 Å². The third kappa shape index (κ3) is 2.52. The van der Waals surface area contributed by atoms with E-state index in [4.69, 9.17) is 11.5 Å². The molecule has 1 aromatic carbocycles. The molecule has 1 amide bonds. The number of amides is 1. The molecule has 0 heterocycles. The molecule has 0 fully saturated rings. The average Bonchev–Trinajstić information content (AvgIpc) is 2.06. The fraction of sp³-hybridized carbons (Fsp3) is 0.125. The number of alkyl halides is 3. The molecule has 0 aromatic heterocycles. The second kappa shape index (κ2) is 3.87. The minimum Gasteiger partial charge on any atom is -0.398 e. The lowest BCUT2D eigenvalue weighted by molar-refractivity contribution is -0.138. The fourth-order valence-electron chi connectivity index (χ4n) is 1.02. The Morgan fingerprint density at radius 2 is 1.87 bits per heavy atom. The van der Waals surface area contributed by atoms with Crippen LogP contribution in [0.5, 0.6) is 0 Å². The summed E-state index contributed by atoms with van der Waals surface area (Å²) in [6, 6.07) is 1.74. The summed E-state index contributed by atoms with van der Waals surface area (Å²) in [6.45, 7) is 0. The zero-order chi connectivity index (χ0) is 11.8. The van der Waals surface area contributed by atoms with Gasteiger partial charge in [0.25, 0.3) is 5.91 Å². The van der Waals surface area contributed by atoms with Crippen molar-refractivity contribution in [3.05, 3.63) is 26.8 Å². The Labute approximate surface area is 96.8 Å². The van der Waals surface area contributed by atoms with Crippen LogP contribution in [-0.4, -0.2) is 5.91 Å². The summed E-state index contributed by atoms with van der Waals surface area (Å²) in [5.74, 6) is -0.848. The van der Waals surface area contributed by atoms with Crippen LogP contribution in [-0.2, 0) is 6.18 Å². The van der Waals surface area contributed by atoms with Gasteiger partial charge in [0.2, 0.25) is 0 Å². The van der Waals surface area contributed by atoms with Crippen LogP contribution in [0.1, 0.15) is 15.9 Å². The van der Waals surface area contributed by atoms with Crippen LogP contribution in [0.15, 0.2) is 12.1 Å². The maximum absolute atomic E-state index is 12.4. The fourth-order valence-corrected chi connectivity index (χ4v) is 1.79. The predicted molar refractivity (Wildman–Crippen MR) is 57.1 cm³/mol. The lowest BCUT2D eigenvalue weighted by Crippen LogP contribution is -2.16. The molecule has 3 nitrogen and oxygen atoms in total. The first-order valence-corrected chi connectivity index (χ1v) is 4.77. The minimum atomic E-state index is -4.49. The van der Waals surface area contributed by atoms with Crippen molar-refractivity contribution in [1.29, 1.82) is 0 Å². The molecule has 82 valence electrons. The molecule has 0 saturated carbocycles. The average molecular weight is 330 g/mol. The first-order chi connectivity index (χ1) is 6.73. The van der Waals surface area contributed by atoms with E-state index < -0.39 is 17.6 Å². The number of carbonyl (C=O) groups excluding carboxylic acids is 1. The van der Waals surface area contributed by atoms with Crippen molar-refractivity contribution in [2.75, 3.05) is 5.73 Å². The molecule has 1 rings (SSSR count). The van der Waals surface area contributed by atoms with Crippen molar-refractivity contribution in [2.45, 2.75) is 6.18 Å². The zero-order valence-corrected chi connectivity index (χ0v) is 9.39. The molecule has 0 bridgehead atoms. The number of halogens is 4. The molecule has 0 saturated heterocycles. The first-order valence-electron chi connectivity index (χ1n) is 3.69. The highest BCUT2D eigenvalue weighted by molar-refractivity contribution is 14.1. The van der Waals surface area contributed by atoms with Gasteiger partial charge in [-0.05, 0) is 34.7 Å². The Morgan fingerprint density at radius 3 is 2.27 bits per heavy atom. The van der Waals surface area contributed by atoms with Gasteiger partial charge in [-0.25, -0.2) is 0 Å². The van der Waals surface area contributed by atoms with Gasteiger partial charge in [0.1, 0.15) is 0 Å². The normalized spacial score (nSPS) is 11.5. The van der Waals surface area contributed by atoms with Crippen molar-refractivity contribution < 1.29 is 18.0 Å². The SMILES string of the molecule is NC(=O)c1cc(I)c(C(F)(F)F)cc1N. The van der Waals surface area contributed by atoms with Crippen LogP contribution in [0.2, 0.25) is 0 Å². The molecule has 0 aliphatic carbocycles. The highest BCUT2D eigenvalue weighted by atomic mass is 127. The number of nitrogens with two attached hydrogens (primary N) is 2. The number of anilines is 1. The van der Waals surface area contributed by atoms with Crippen molar-refractivity contribution in [1.82, 2.24) is 0 Å². The van der Waals surface area contributed by atoms with Crippen LogP contribution in [0, 0.1) is 3.57 Å². The summed E-state index contributed by atoms with van der Waals surface area (Å²) in [6.07, 6.45) is -4.49. The smallest absolute Gasteiger partial charge is 0.398 e. The van der Waals surface area contributed by atoms with Gasteiger partial charge in [0, 0.05) is 9.26 Å². The van der Waals surface area contributed by atoms with Crippen LogP contribution >= 0.6 is 22.6 Å². The summed E-state index contributed by atoms with van der Waals surface area (Å²) >= 11 is 1.48. The van der Waals surface area contributed by atoms with Crippen molar-refractivity contribution in [3.63, 3.8) is 0 Å². The number of carbonyl (C=O) groups is 1. The van der Waals surface area contributed by atoms with Crippen molar-refractivity contribution in [3.8, 4) is 0 Å². The van der Waals surface area contributed by atoms with E-state index >= 15 is 0 Å². The first kappa shape index (κ1) is 12.1. The lowest BCUT2D eigenvalue weighted by atomic mass is 10.1. The highest BCUT2D eigenvalue weighted by Crippen LogP contribution is 2.35. The van der Waals surface area contributed by atoms with Crippen LogP contribution < -0.4 is 11.5 Å². The number of hydrogen-bond acceptors (Lipinski definition) is 2. The zero-order valence-electron chi connectivity index (χ0n) is 7.23. The third-order valence-corrected chi connectivity index (χ3v) is 2.60. The third-order valence-electron chi connectivity index (χ3n) is 1.71. The lowest BCUT2D eigenvalue weighted by Gasteiger charge is -2.11. The van der Waals surface area contributed by atoms with Gasteiger partial charge in [-0.15, -0.1) is 0 Å². The maximum atomic E-state index is 12.4. The number of hydrogen-bond donors (Lipinski definition) is 2. The van der Waals surface area contributed by atoms with E-state index in [0.717, 1.165) is 6.07 Å². The highest BCUT2D eigenvalue weighted by Gasteiger charge is 2.33. The molecule has 4 N–H and O–H groups in total. The summed E-state index contributed by atoms with van der Waals surface area (Å²) in [4.78, 5) is 10.8. The Balaban J connectivity index is 3.39. The Kier molecular flexibility index (Phi) is 3.12.